The van der Waals surface area contributed by atoms with E-state index in [-0.39, 0.29) is 0 Å². The van der Waals surface area contributed by atoms with Gasteiger partial charge in [-0.25, -0.2) is 0 Å². The Hall–Kier alpha value is -8.06. The van der Waals surface area contributed by atoms with E-state index in [1.54, 1.807) is 0 Å². The standard InChI is InChI=1S/C64H44/c1-3-19-43(20-4-1)35-37-56-52-27-11-15-31-58(52)63(59-32-16-12-28-53(56)59)48-40-47(62-50-25-9-7-23-45(50)39-46-24-8-10-26-51(46)62)41-49(42-48)64-60-33-17-13-29-54(60)57(55-30-14-18-34-61(55)64)38-36-44-21-5-2-6-22-44/h1-13,15-29,31-42H,14,30H2. The van der Waals surface area contributed by atoms with Crippen molar-refractivity contribution >= 4 is 84.2 Å². The third kappa shape index (κ3) is 6.55. The molecule has 11 aromatic carbocycles. The third-order valence-electron chi connectivity index (χ3n) is 13.3. The van der Waals surface area contributed by atoms with Crippen LogP contribution in [-0.2, 0) is 6.42 Å². The molecular formula is C64H44. The summed E-state index contributed by atoms with van der Waals surface area (Å²) in [6.45, 7) is 0. The molecule has 0 aliphatic heterocycles. The Morgan fingerprint density at radius 1 is 0.312 bits per heavy atom. The summed E-state index contributed by atoms with van der Waals surface area (Å²) in [6, 6.07) is 76.0. The normalized spacial score (nSPS) is 12.7. The topological polar surface area (TPSA) is 0 Å². The molecule has 0 nitrogen and oxygen atoms in total. The number of benzene rings is 11. The molecule has 0 fully saturated rings. The summed E-state index contributed by atoms with van der Waals surface area (Å²) in [7, 11) is 0. The highest BCUT2D eigenvalue weighted by atomic mass is 14.3. The Kier molecular flexibility index (Phi) is 9.42. The second kappa shape index (κ2) is 16.0. The van der Waals surface area contributed by atoms with Crippen molar-refractivity contribution < 1.29 is 0 Å². The number of allylic oxidation sites excluding steroid dienone is 1. The third-order valence-corrected chi connectivity index (χ3v) is 13.3. The lowest BCUT2D eigenvalue weighted by Crippen LogP contribution is -2.02. The van der Waals surface area contributed by atoms with Gasteiger partial charge < -0.3 is 0 Å². The smallest absolute Gasteiger partial charge is 0.00259 e. The van der Waals surface area contributed by atoms with Crippen LogP contribution in [0.2, 0.25) is 0 Å². The minimum absolute atomic E-state index is 0.992. The largest absolute Gasteiger partial charge is 0.0836 e. The predicted molar refractivity (Wildman–Crippen MR) is 278 cm³/mol. The SMILES string of the molecule is C1=Cc2c(c(C=Cc3ccccc3)c3ccccc3c2-c2cc(-c3c4ccccc4cc4ccccc34)cc(-c3c4ccccc4c(C=Cc4ccccc4)c4ccccc34)c2)CC1. The molecule has 300 valence electrons. The summed E-state index contributed by atoms with van der Waals surface area (Å²) >= 11 is 0. The van der Waals surface area contributed by atoms with Gasteiger partial charge in [0.1, 0.15) is 0 Å². The van der Waals surface area contributed by atoms with Crippen LogP contribution in [-0.4, -0.2) is 0 Å². The van der Waals surface area contributed by atoms with Crippen LogP contribution in [0.1, 0.15) is 39.8 Å². The van der Waals surface area contributed by atoms with Gasteiger partial charge in [0, 0.05) is 0 Å². The summed E-state index contributed by atoms with van der Waals surface area (Å²) in [4.78, 5) is 0. The molecule has 0 unspecified atom stereocenters. The van der Waals surface area contributed by atoms with Gasteiger partial charge in [0.15, 0.2) is 0 Å². The molecule has 0 bridgehead atoms. The first-order chi connectivity index (χ1) is 31.8. The average Bonchev–Trinajstić information content (AvgIpc) is 3.36. The Morgan fingerprint density at radius 3 is 1.23 bits per heavy atom. The lowest BCUT2D eigenvalue weighted by Gasteiger charge is -2.24. The van der Waals surface area contributed by atoms with Gasteiger partial charge in [-0.2, -0.15) is 0 Å². The molecule has 1 aliphatic rings. The lowest BCUT2D eigenvalue weighted by molar-refractivity contribution is 0.986. The first-order valence-corrected chi connectivity index (χ1v) is 22.5. The van der Waals surface area contributed by atoms with Crippen molar-refractivity contribution in [3.63, 3.8) is 0 Å². The highest BCUT2D eigenvalue weighted by Crippen LogP contribution is 2.48. The van der Waals surface area contributed by atoms with Gasteiger partial charge in [-0.15, -0.1) is 0 Å². The molecule has 0 spiro atoms. The van der Waals surface area contributed by atoms with E-state index in [1.807, 2.05) is 0 Å². The van der Waals surface area contributed by atoms with E-state index in [4.69, 9.17) is 0 Å². The van der Waals surface area contributed by atoms with Gasteiger partial charge in [0.2, 0.25) is 0 Å². The Morgan fingerprint density at radius 2 is 0.703 bits per heavy atom. The van der Waals surface area contributed by atoms with Gasteiger partial charge in [-0.3, -0.25) is 0 Å². The molecule has 0 atom stereocenters. The van der Waals surface area contributed by atoms with Crippen LogP contribution in [0.5, 0.6) is 0 Å². The highest BCUT2D eigenvalue weighted by Gasteiger charge is 2.23. The minimum atomic E-state index is 0.992. The fraction of sp³-hybridized carbons (Fsp3) is 0.0312. The molecule has 0 heteroatoms. The van der Waals surface area contributed by atoms with E-state index in [0.29, 0.717) is 0 Å². The molecule has 0 heterocycles. The first-order valence-electron chi connectivity index (χ1n) is 22.5. The van der Waals surface area contributed by atoms with Crippen LogP contribution in [0.4, 0.5) is 0 Å². The zero-order chi connectivity index (χ0) is 42.4. The molecule has 0 saturated heterocycles. The zero-order valence-corrected chi connectivity index (χ0v) is 35.5. The molecule has 0 amide bonds. The molecule has 12 rings (SSSR count). The molecule has 0 radical (unpaired) electrons. The van der Waals surface area contributed by atoms with E-state index in [9.17, 15) is 0 Å². The summed E-state index contributed by atoms with van der Waals surface area (Å²) < 4.78 is 0. The van der Waals surface area contributed by atoms with Gasteiger partial charge in [-0.1, -0.05) is 218 Å². The van der Waals surface area contributed by atoms with Gasteiger partial charge >= 0.3 is 0 Å². The van der Waals surface area contributed by atoms with Crippen LogP contribution in [0.3, 0.4) is 0 Å². The number of hydrogen-bond donors (Lipinski definition) is 0. The Labute approximate surface area is 374 Å². The highest BCUT2D eigenvalue weighted by molar-refractivity contribution is 6.20. The second-order valence-corrected chi connectivity index (χ2v) is 17.0. The van der Waals surface area contributed by atoms with Crippen molar-refractivity contribution in [2.75, 3.05) is 0 Å². The van der Waals surface area contributed by atoms with Crippen molar-refractivity contribution in [3.8, 4) is 33.4 Å². The van der Waals surface area contributed by atoms with Crippen LogP contribution < -0.4 is 0 Å². The van der Waals surface area contributed by atoms with Crippen molar-refractivity contribution in [1.29, 1.82) is 0 Å². The monoisotopic (exact) mass is 812 g/mol. The number of hydrogen-bond acceptors (Lipinski definition) is 0. The van der Waals surface area contributed by atoms with Crippen LogP contribution in [0.25, 0.3) is 118 Å². The van der Waals surface area contributed by atoms with Crippen LogP contribution in [0.15, 0.2) is 212 Å². The van der Waals surface area contributed by atoms with Crippen molar-refractivity contribution in [1.82, 2.24) is 0 Å². The van der Waals surface area contributed by atoms with Crippen LogP contribution >= 0.6 is 0 Å². The lowest BCUT2D eigenvalue weighted by atomic mass is 9.80. The maximum absolute atomic E-state index is 2.49. The zero-order valence-electron chi connectivity index (χ0n) is 35.5. The van der Waals surface area contributed by atoms with E-state index in [0.717, 1.165) is 12.8 Å². The Balaban J connectivity index is 1.19. The molecule has 0 saturated carbocycles. The molecule has 11 aromatic rings. The minimum Gasteiger partial charge on any atom is -0.0836 e. The van der Waals surface area contributed by atoms with Crippen molar-refractivity contribution in [3.05, 3.63) is 246 Å². The molecule has 0 aromatic heterocycles. The van der Waals surface area contributed by atoms with Crippen molar-refractivity contribution in [2.24, 2.45) is 0 Å². The predicted octanol–water partition coefficient (Wildman–Crippen LogP) is 17.8. The van der Waals surface area contributed by atoms with E-state index in [2.05, 4.69) is 243 Å². The van der Waals surface area contributed by atoms with Gasteiger partial charge in [-0.05, 0) is 158 Å². The summed E-state index contributed by atoms with van der Waals surface area (Å²) in [6.07, 6.45) is 16.0. The fourth-order valence-electron chi connectivity index (χ4n) is 10.4. The summed E-state index contributed by atoms with van der Waals surface area (Å²) in [5, 5.41) is 12.5. The van der Waals surface area contributed by atoms with E-state index >= 15 is 0 Å². The van der Waals surface area contributed by atoms with E-state index in [1.165, 1.54) is 121 Å². The first kappa shape index (κ1) is 37.7. The number of fused-ring (bicyclic) bond motifs is 6. The summed E-state index contributed by atoms with van der Waals surface area (Å²) in [5.74, 6) is 0. The molecule has 0 N–H and O–H groups in total. The van der Waals surface area contributed by atoms with E-state index < -0.39 is 0 Å². The fourth-order valence-corrected chi connectivity index (χ4v) is 10.4. The Bertz CT molecular complexity index is 3580. The summed E-state index contributed by atoms with van der Waals surface area (Å²) in [5.41, 5.74) is 15.1. The van der Waals surface area contributed by atoms with Gasteiger partial charge in [0.25, 0.3) is 0 Å². The van der Waals surface area contributed by atoms with Crippen molar-refractivity contribution in [2.45, 2.75) is 12.8 Å². The molecular weight excluding hydrogens is 769 g/mol. The van der Waals surface area contributed by atoms with Gasteiger partial charge in [0.05, 0.1) is 0 Å². The maximum atomic E-state index is 2.49. The molecule has 64 heavy (non-hydrogen) atoms. The maximum Gasteiger partial charge on any atom is -0.00259 e. The second-order valence-electron chi connectivity index (χ2n) is 17.0. The number of rotatable bonds is 7. The quantitative estimate of drug-likeness (QED) is 0.111. The van der Waals surface area contributed by atoms with Crippen LogP contribution in [0, 0.1) is 0 Å². The molecule has 1 aliphatic carbocycles. The average molecular weight is 813 g/mol.